The molecule has 1 atom stereocenters. The Labute approximate surface area is 101 Å². The first-order chi connectivity index (χ1) is 7.99. The van der Waals surface area contributed by atoms with Gasteiger partial charge in [0, 0.05) is 13.3 Å². The molecule has 0 saturated heterocycles. The molecule has 0 radical (unpaired) electrons. The minimum atomic E-state index is -1.12. The Morgan fingerprint density at radius 1 is 1.41 bits per heavy atom. The van der Waals surface area contributed by atoms with E-state index in [1.54, 1.807) is 26.2 Å². The molecule has 0 aliphatic rings. The summed E-state index contributed by atoms with van der Waals surface area (Å²) in [5.41, 5.74) is -0.212. The molecule has 0 spiro atoms. The van der Waals surface area contributed by atoms with Gasteiger partial charge in [0.1, 0.15) is 11.8 Å². The number of carbonyl (C=O) groups is 1. The highest BCUT2D eigenvalue weighted by molar-refractivity contribution is 5.67. The number of carbonyl (C=O) groups excluding carboxylic acids is 1. The Balaban J connectivity index is 2.80. The SMILES string of the molecule is COc1ccc(CC(C)(C#N)OC(C)=O)cc1. The summed E-state index contributed by atoms with van der Waals surface area (Å²) in [6, 6.07) is 9.32. The van der Waals surface area contributed by atoms with Gasteiger partial charge in [-0.15, -0.1) is 0 Å². The lowest BCUT2D eigenvalue weighted by atomic mass is 9.98. The largest absolute Gasteiger partial charge is 0.497 e. The van der Waals surface area contributed by atoms with Gasteiger partial charge in [0.2, 0.25) is 0 Å². The molecule has 90 valence electrons. The third-order valence-corrected chi connectivity index (χ3v) is 2.31. The van der Waals surface area contributed by atoms with Gasteiger partial charge in [0.25, 0.3) is 0 Å². The lowest BCUT2D eigenvalue weighted by Gasteiger charge is -2.21. The molecule has 1 aromatic rings. The Morgan fingerprint density at radius 3 is 2.41 bits per heavy atom. The van der Waals surface area contributed by atoms with Gasteiger partial charge >= 0.3 is 5.97 Å². The second-order valence-corrected chi connectivity index (χ2v) is 3.96. The van der Waals surface area contributed by atoms with Crippen LogP contribution in [0.4, 0.5) is 0 Å². The second kappa shape index (κ2) is 5.35. The number of methoxy groups -OCH3 is 1. The van der Waals surface area contributed by atoms with Gasteiger partial charge in [0.05, 0.1) is 7.11 Å². The van der Waals surface area contributed by atoms with E-state index in [2.05, 4.69) is 0 Å². The molecule has 17 heavy (non-hydrogen) atoms. The maximum atomic E-state index is 10.9. The predicted octanol–water partition coefficient (Wildman–Crippen LogP) is 2.08. The summed E-state index contributed by atoms with van der Waals surface area (Å²) in [6.07, 6.45) is 0.354. The van der Waals surface area contributed by atoms with Crippen molar-refractivity contribution in [3.05, 3.63) is 29.8 Å². The fourth-order valence-electron chi connectivity index (χ4n) is 1.55. The fourth-order valence-corrected chi connectivity index (χ4v) is 1.55. The van der Waals surface area contributed by atoms with E-state index in [0.29, 0.717) is 6.42 Å². The van der Waals surface area contributed by atoms with Crippen LogP contribution in [0.1, 0.15) is 19.4 Å². The van der Waals surface area contributed by atoms with Crippen molar-refractivity contribution in [1.82, 2.24) is 0 Å². The average Bonchev–Trinajstić information content (AvgIpc) is 2.29. The van der Waals surface area contributed by atoms with E-state index in [9.17, 15) is 4.79 Å². The van der Waals surface area contributed by atoms with Gasteiger partial charge in [-0.2, -0.15) is 5.26 Å². The lowest BCUT2D eigenvalue weighted by molar-refractivity contribution is -0.150. The van der Waals surface area contributed by atoms with E-state index < -0.39 is 11.6 Å². The molecule has 0 heterocycles. The normalized spacial score (nSPS) is 13.3. The molecule has 1 aromatic carbocycles. The van der Waals surface area contributed by atoms with Crippen molar-refractivity contribution >= 4 is 5.97 Å². The van der Waals surface area contributed by atoms with Crippen LogP contribution in [-0.2, 0) is 16.0 Å². The number of hydrogen-bond donors (Lipinski definition) is 0. The summed E-state index contributed by atoms with van der Waals surface area (Å²) in [7, 11) is 1.59. The van der Waals surface area contributed by atoms with E-state index >= 15 is 0 Å². The van der Waals surface area contributed by atoms with E-state index in [-0.39, 0.29) is 0 Å². The topological polar surface area (TPSA) is 59.3 Å². The van der Waals surface area contributed by atoms with Crippen LogP contribution in [-0.4, -0.2) is 18.7 Å². The number of nitrogens with zero attached hydrogens (tertiary/aromatic N) is 1. The Morgan fingerprint density at radius 2 is 2.00 bits per heavy atom. The quantitative estimate of drug-likeness (QED) is 0.747. The van der Waals surface area contributed by atoms with Crippen LogP contribution in [0, 0.1) is 11.3 Å². The van der Waals surface area contributed by atoms with Crippen LogP contribution in [0.15, 0.2) is 24.3 Å². The molecule has 0 bridgehead atoms. The van der Waals surface area contributed by atoms with Gasteiger partial charge in [-0.25, -0.2) is 0 Å². The number of benzene rings is 1. The van der Waals surface area contributed by atoms with Crippen molar-refractivity contribution < 1.29 is 14.3 Å². The molecule has 0 aliphatic heterocycles. The zero-order valence-corrected chi connectivity index (χ0v) is 10.2. The highest BCUT2D eigenvalue weighted by Crippen LogP contribution is 2.19. The smallest absolute Gasteiger partial charge is 0.304 e. The Hall–Kier alpha value is -2.02. The summed E-state index contributed by atoms with van der Waals surface area (Å²) < 4.78 is 10.1. The summed E-state index contributed by atoms with van der Waals surface area (Å²) in [5.74, 6) is 0.294. The van der Waals surface area contributed by atoms with Crippen molar-refractivity contribution in [1.29, 1.82) is 5.26 Å². The number of rotatable bonds is 4. The number of ether oxygens (including phenoxy) is 2. The minimum absolute atomic E-state index is 0.354. The van der Waals surface area contributed by atoms with Crippen LogP contribution in [0.3, 0.4) is 0 Å². The fraction of sp³-hybridized carbons (Fsp3) is 0.385. The van der Waals surface area contributed by atoms with E-state index in [1.807, 2.05) is 18.2 Å². The van der Waals surface area contributed by atoms with E-state index in [4.69, 9.17) is 14.7 Å². The summed E-state index contributed by atoms with van der Waals surface area (Å²) in [4.78, 5) is 10.9. The number of hydrogen-bond acceptors (Lipinski definition) is 4. The van der Waals surface area contributed by atoms with Crippen molar-refractivity contribution in [2.45, 2.75) is 25.9 Å². The Bertz CT molecular complexity index is 433. The number of nitriles is 1. The van der Waals surface area contributed by atoms with Crippen LogP contribution in [0.5, 0.6) is 5.75 Å². The van der Waals surface area contributed by atoms with Crippen molar-refractivity contribution in [3.8, 4) is 11.8 Å². The molecule has 0 amide bonds. The van der Waals surface area contributed by atoms with Crippen molar-refractivity contribution in [2.75, 3.05) is 7.11 Å². The van der Waals surface area contributed by atoms with Gasteiger partial charge in [-0.1, -0.05) is 12.1 Å². The Kier molecular flexibility index (Phi) is 4.11. The maximum absolute atomic E-state index is 10.9. The first kappa shape index (κ1) is 13.0. The third-order valence-electron chi connectivity index (χ3n) is 2.31. The third kappa shape index (κ3) is 3.80. The lowest BCUT2D eigenvalue weighted by Crippen LogP contribution is -2.31. The molecule has 4 nitrogen and oxygen atoms in total. The summed E-state index contributed by atoms with van der Waals surface area (Å²) >= 11 is 0. The zero-order chi connectivity index (χ0) is 12.9. The zero-order valence-electron chi connectivity index (χ0n) is 10.2. The van der Waals surface area contributed by atoms with Crippen LogP contribution < -0.4 is 4.74 Å². The predicted molar refractivity (Wildman–Crippen MR) is 62.5 cm³/mol. The van der Waals surface area contributed by atoms with Crippen LogP contribution >= 0.6 is 0 Å². The molecule has 4 heteroatoms. The summed E-state index contributed by atoms with van der Waals surface area (Å²) in [6.45, 7) is 2.89. The molecular formula is C13H15NO3. The van der Waals surface area contributed by atoms with Gasteiger partial charge in [-0.05, 0) is 24.6 Å². The summed E-state index contributed by atoms with van der Waals surface area (Å²) in [5, 5.41) is 9.04. The minimum Gasteiger partial charge on any atom is -0.497 e. The monoisotopic (exact) mass is 233 g/mol. The van der Waals surface area contributed by atoms with Crippen molar-refractivity contribution in [3.63, 3.8) is 0 Å². The maximum Gasteiger partial charge on any atom is 0.304 e. The first-order valence-electron chi connectivity index (χ1n) is 5.23. The van der Waals surface area contributed by atoms with E-state index in [0.717, 1.165) is 11.3 Å². The molecule has 0 aromatic heterocycles. The average molecular weight is 233 g/mol. The van der Waals surface area contributed by atoms with Gasteiger partial charge in [0.15, 0.2) is 5.60 Å². The molecule has 0 aliphatic carbocycles. The standard InChI is InChI=1S/C13H15NO3/c1-10(15)17-13(2,9-14)8-11-4-6-12(16-3)7-5-11/h4-7H,8H2,1-3H3. The number of esters is 1. The van der Waals surface area contributed by atoms with Gasteiger partial charge in [-0.3, -0.25) is 4.79 Å². The van der Waals surface area contributed by atoms with E-state index in [1.165, 1.54) is 6.92 Å². The molecule has 1 rings (SSSR count). The molecule has 0 fully saturated rings. The van der Waals surface area contributed by atoms with Crippen LogP contribution in [0.25, 0.3) is 0 Å². The highest BCUT2D eigenvalue weighted by atomic mass is 16.6. The van der Waals surface area contributed by atoms with Crippen molar-refractivity contribution in [2.24, 2.45) is 0 Å². The second-order valence-electron chi connectivity index (χ2n) is 3.96. The van der Waals surface area contributed by atoms with Crippen LogP contribution in [0.2, 0.25) is 0 Å². The molecule has 0 N–H and O–H groups in total. The highest BCUT2D eigenvalue weighted by Gasteiger charge is 2.27. The molecule has 0 saturated carbocycles. The van der Waals surface area contributed by atoms with Gasteiger partial charge < -0.3 is 9.47 Å². The molecular weight excluding hydrogens is 218 g/mol. The first-order valence-corrected chi connectivity index (χ1v) is 5.23. The molecule has 1 unspecified atom stereocenters.